The summed E-state index contributed by atoms with van der Waals surface area (Å²) >= 11 is 0. The number of phosphoric acid groups is 1. The molecular weight excluding hydrogens is 426 g/mol. The fraction of sp³-hybridized carbons (Fsp3) is 0.619. The van der Waals surface area contributed by atoms with E-state index >= 15 is 0 Å². The summed E-state index contributed by atoms with van der Waals surface area (Å²) in [6.07, 6.45) is 11.7. The first-order valence-electron chi connectivity index (χ1n) is 9.97. The van der Waals surface area contributed by atoms with Gasteiger partial charge in [-0.05, 0) is 60.3 Å². The molecule has 0 aliphatic rings. The Morgan fingerprint density at radius 3 is 1.87 bits per heavy atom. The van der Waals surface area contributed by atoms with Crippen molar-refractivity contribution in [3.8, 4) is 0 Å². The van der Waals surface area contributed by atoms with Crippen molar-refractivity contribution in [3.63, 3.8) is 0 Å². The highest BCUT2D eigenvalue weighted by Crippen LogP contribution is 2.57. The first kappa shape index (κ1) is 29.2. The van der Waals surface area contributed by atoms with Crippen LogP contribution in [0.15, 0.2) is 46.6 Å². The topological polar surface area (TPSA) is 102 Å². The number of hydrogen-bond acceptors (Lipinski definition) is 5. The molecule has 7 nitrogen and oxygen atoms in total. The molecule has 0 radical (unpaired) electrons. The fourth-order valence-electron chi connectivity index (χ4n) is 2.29. The minimum atomic E-state index is -4.53. The highest BCUT2D eigenvalue weighted by Gasteiger charge is 2.29. The first-order valence-corrected chi connectivity index (χ1v) is 13.5. The molecule has 0 amide bonds. The Balaban J connectivity index is 4.16. The van der Waals surface area contributed by atoms with Gasteiger partial charge in [0.15, 0.2) is 0 Å². The van der Waals surface area contributed by atoms with Gasteiger partial charge >= 0.3 is 15.4 Å². The molecule has 0 rings (SSSR count). The number of rotatable bonds is 15. The molecule has 0 aromatic heterocycles. The molecule has 0 bridgehead atoms. The zero-order valence-corrected chi connectivity index (χ0v) is 20.9. The highest BCUT2D eigenvalue weighted by molar-refractivity contribution is 7.63. The molecule has 30 heavy (non-hydrogen) atoms. The maximum atomic E-state index is 11.5. The second kappa shape index (κ2) is 15.1. The van der Waals surface area contributed by atoms with Crippen LogP contribution in [0.3, 0.4) is 0 Å². The lowest BCUT2D eigenvalue weighted by atomic mass is 10.1. The van der Waals surface area contributed by atoms with Crippen molar-refractivity contribution in [1.29, 1.82) is 0 Å². The van der Waals surface area contributed by atoms with E-state index in [0.717, 1.165) is 37.9 Å². The van der Waals surface area contributed by atoms with E-state index in [2.05, 4.69) is 54.8 Å². The predicted octanol–water partition coefficient (Wildman–Crippen LogP) is 6.32. The fourth-order valence-corrected chi connectivity index (χ4v) is 4.27. The van der Waals surface area contributed by atoms with Crippen LogP contribution in [-0.2, 0) is 22.7 Å². The minimum Gasteiger partial charge on any atom is -0.373 e. The van der Waals surface area contributed by atoms with Crippen LogP contribution in [0.2, 0.25) is 0 Å². The van der Waals surface area contributed by atoms with Crippen LogP contribution in [0.1, 0.15) is 60.3 Å². The zero-order chi connectivity index (χ0) is 23.2. The Morgan fingerprint density at radius 2 is 1.33 bits per heavy atom. The summed E-state index contributed by atoms with van der Waals surface area (Å²) in [4.78, 5) is 18.3. The van der Waals surface area contributed by atoms with Crippen LogP contribution in [0, 0.1) is 0 Å². The third-order valence-corrected chi connectivity index (χ3v) is 6.44. The van der Waals surface area contributed by atoms with Crippen LogP contribution >= 0.6 is 15.4 Å². The molecule has 0 saturated carbocycles. The quantitative estimate of drug-likeness (QED) is 0.166. The minimum absolute atomic E-state index is 0.165. The van der Waals surface area contributed by atoms with E-state index in [-0.39, 0.29) is 6.61 Å². The molecule has 9 heteroatoms. The molecule has 2 N–H and O–H groups in total. The average molecular weight is 464 g/mol. The Bertz CT molecular complexity index is 726. The summed E-state index contributed by atoms with van der Waals surface area (Å²) < 4.78 is 36.9. The van der Waals surface area contributed by atoms with Gasteiger partial charge in [0.2, 0.25) is 0 Å². The van der Waals surface area contributed by atoms with Gasteiger partial charge in [-0.2, -0.15) is 0 Å². The molecule has 0 aromatic rings. The van der Waals surface area contributed by atoms with Crippen LogP contribution in [-0.4, -0.2) is 36.3 Å². The van der Waals surface area contributed by atoms with Crippen molar-refractivity contribution in [2.45, 2.75) is 60.3 Å². The number of ether oxygens (including phenoxy) is 1. The number of hydrogen-bond donors (Lipinski definition) is 2. The molecule has 174 valence electrons. The van der Waals surface area contributed by atoms with Crippen molar-refractivity contribution in [3.05, 3.63) is 46.6 Å². The summed E-state index contributed by atoms with van der Waals surface area (Å²) in [5, 5.41) is 0. The molecule has 0 aromatic carbocycles. The Morgan fingerprint density at radius 1 is 0.800 bits per heavy atom. The van der Waals surface area contributed by atoms with Crippen LogP contribution in [0.25, 0.3) is 0 Å². The molecule has 0 spiro atoms. The highest BCUT2D eigenvalue weighted by atomic mass is 31.3. The van der Waals surface area contributed by atoms with Crippen molar-refractivity contribution in [2.24, 2.45) is 0 Å². The van der Waals surface area contributed by atoms with Gasteiger partial charge in [-0.3, -0.25) is 9.09 Å². The zero-order valence-electron chi connectivity index (χ0n) is 19.1. The predicted molar refractivity (Wildman–Crippen MR) is 123 cm³/mol. The summed E-state index contributed by atoms with van der Waals surface area (Å²) in [6.45, 7) is 12.1. The Labute approximate surface area is 181 Å². The van der Waals surface area contributed by atoms with Crippen molar-refractivity contribution < 1.29 is 32.5 Å². The van der Waals surface area contributed by atoms with Gasteiger partial charge in [0.1, 0.15) is 0 Å². The maximum absolute atomic E-state index is 11.5. The third-order valence-electron chi connectivity index (χ3n) is 3.93. The summed E-state index contributed by atoms with van der Waals surface area (Å²) in [6, 6.07) is 0. The van der Waals surface area contributed by atoms with E-state index in [1.165, 1.54) is 16.7 Å². The van der Waals surface area contributed by atoms with Crippen molar-refractivity contribution >= 4 is 15.4 Å². The Hall–Kier alpha value is -0.780. The second-order valence-electron chi connectivity index (χ2n) is 7.67. The summed E-state index contributed by atoms with van der Waals surface area (Å²) in [5.41, 5.74) is 4.79. The van der Waals surface area contributed by atoms with Gasteiger partial charge < -0.3 is 14.5 Å². The smallest absolute Gasteiger partial charge is 0.373 e. The maximum Gasteiger partial charge on any atom is 0.479 e. The monoisotopic (exact) mass is 464 g/mol. The van der Waals surface area contributed by atoms with Gasteiger partial charge in [0, 0.05) is 6.66 Å². The van der Waals surface area contributed by atoms with Crippen molar-refractivity contribution in [1.82, 2.24) is 0 Å². The van der Waals surface area contributed by atoms with Crippen LogP contribution in [0.5, 0.6) is 0 Å². The lowest BCUT2D eigenvalue weighted by molar-refractivity contribution is 0.186. The van der Waals surface area contributed by atoms with Gasteiger partial charge in [-0.25, -0.2) is 8.88 Å². The molecule has 2 atom stereocenters. The molecule has 0 fully saturated rings. The SMILES string of the molecule is CC(C)=CCOC/C(C)=C/CC/C(C)=C/CCC(C)=CCOP(=O)(O)OP(C)(=O)O. The largest absolute Gasteiger partial charge is 0.479 e. The lowest BCUT2D eigenvalue weighted by Crippen LogP contribution is -1.96. The van der Waals surface area contributed by atoms with Gasteiger partial charge in [-0.15, -0.1) is 0 Å². The molecule has 2 unspecified atom stereocenters. The lowest BCUT2D eigenvalue weighted by Gasteiger charge is -2.12. The average Bonchev–Trinajstić information content (AvgIpc) is 2.56. The van der Waals surface area contributed by atoms with Crippen LogP contribution in [0.4, 0.5) is 0 Å². The van der Waals surface area contributed by atoms with E-state index < -0.39 is 15.4 Å². The second-order valence-corrected chi connectivity index (χ2v) is 11.1. The summed E-state index contributed by atoms with van der Waals surface area (Å²) in [5.74, 6) is 0. The Kier molecular flexibility index (Phi) is 14.7. The normalized spacial score (nSPS) is 17.4. The third kappa shape index (κ3) is 19.2. The van der Waals surface area contributed by atoms with E-state index in [1.54, 1.807) is 6.08 Å². The van der Waals surface area contributed by atoms with Crippen molar-refractivity contribution in [2.75, 3.05) is 26.5 Å². The molecule has 0 aliphatic carbocycles. The van der Waals surface area contributed by atoms with E-state index in [0.29, 0.717) is 13.2 Å². The van der Waals surface area contributed by atoms with E-state index in [1.807, 2.05) is 6.92 Å². The van der Waals surface area contributed by atoms with Gasteiger partial charge in [-0.1, -0.05) is 46.6 Å². The van der Waals surface area contributed by atoms with Crippen LogP contribution < -0.4 is 0 Å². The molecule has 0 aliphatic heterocycles. The molecule has 0 heterocycles. The number of phosphoric ester groups is 1. The molecule has 0 saturated heterocycles. The molecular formula is C21H38O7P2. The van der Waals surface area contributed by atoms with Gasteiger partial charge in [0.05, 0.1) is 19.8 Å². The van der Waals surface area contributed by atoms with E-state index in [9.17, 15) is 14.0 Å². The van der Waals surface area contributed by atoms with E-state index in [4.69, 9.17) is 9.63 Å². The van der Waals surface area contributed by atoms with Gasteiger partial charge in [0.25, 0.3) is 0 Å². The first-order chi connectivity index (χ1) is 13.8. The summed E-state index contributed by atoms with van der Waals surface area (Å²) in [7, 11) is -8.62. The standard InChI is InChI=1S/C21H38O7P2/c1-18(2)13-15-26-17-21(5)12-8-10-19(3)9-7-11-20(4)14-16-27-30(24,25)28-29(6,22)23/h9,12-14H,7-8,10-11,15-17H2,1-6H3,(H,22,23)(H,24,25)/b19-9+,20-14?,21-12+. The number of allylic oxidation sites excluding steroid dienone is 5.